The maximum atomic E-state index is 13.2. The van der Waals surface area contributed by atoms with E-state index in [2.05, 4.69) is 43.4 Å². The van der Waals surface area contributed by atoms with Crippen LogP contribution in [0, 0.1) is 0 Å². The second-order valence-corrected chi connectivity index (χ2v) is 9.94. The van der Waals surface area contributed by atoms with E-state index in [0.717, 1.165) is 42.6 Å². The molecule has 3 aromatic rings. The number of carboxylic acids is 1. The fourth-order valence-corrected chi connectivity index (χ4v) is 4.93. The van der Waals surface area contributed by atoms with Gasteiger partial charge in [0.15, 0.2) is 0 Å². The molecule has 1 saturated heterocycles. The number of hydrogen-bond acceptors (Lipinski definition) is 5. The summed E-state index contributed by atoms with van der Waals surface area (Å²) in [5.41, 5.74) is 9.79. The van der Waals surface area contributed by atoms with Gasteiger partial charge in [-0.05, 0) is 53.0 Å². The first-order valence-electron chi connectivity index (χ1n) is 13.0. The van der Waals surface area contributed by atoms with Crippen LogP contribution < -0.4 is 16.0 Å². The number of nitrogens with two attached hydrogens (primary N) is 1. The standard InChI is InChI=1S/C26H26N2O4.C4H9NO/c1-15(2)17-8-6-16(7-9-17)14-18-10-11-21-24-19(18)4-3-5-20(24)25(30)28(21)22(26(31)32)12-13-23(27)29;1-3-6-4-2-5-1/h3-11,15,22H,12-14H2,1-2H3,(H2,27,29)(H,31,32);5H,1-4H2. The average molecular weight is 518 g/mol. The second kappa shape index (κ2) is 12.2. The van der Waals surface area contributed by atoms with E-state index >= 15 is 0 Å². The van der Waals surface area contributed by atoms with Crippen LogP contribution in [-0.2, 0) is 20.7 Å². The first kappa shape index (κ1) is 27.3. The Morgan fingerprint density at radius 1 is 1.05 bits per heavy atom. The van der Waals surface area contributed by atoms with Crippen LogP contribution in [0.15, 0.2) is 54.6 Å². The molecule has 8 heteroatoms. The largest absolute Gasteiger partial charge is 0.480 e. The third kappa shape index (κ3) is 6.03. The number of rotatable bonds is 8. The number of ether oxygens (including phenoxy) is 1. The van der Waals surface area contributed by atoms with E-state index in [-0.39, 0.29) is 18.7 Å². The number of nitrogens with one attached hydrogen (secondary N) is 1. The minimum Gasteiger partial charge on any atom is -0.480 e. The molecule has 0 spiro atoms. The molecule has 3 aromatic carbocycles. The Balaban J connectivity index is 0.000000494. The molecule has 0 aromatic heterocycles. The second-order valence-electron chi connectivity index (χ2n) is 9.94. The highest BCUT2D eigenvalue weighted by atomic mass is 16.5. The molecule has 1 atom stereocenters. The number of aliphatic carboxylic acids is 1. The van der Waals surface area contributed by atoms with E-state index in [4.69, 9.17) is 10.5 Å². The van der Waals surface area contributed by atoms with E-state index in [0.29, 0.717) is 23.6 Å². The molecule has 0 aliphatic carbocycles. The van der Waals surface area contributed by atoms with E-state index in [1.165, 1.54) is 16.0 Å². The number of anilines is 1. The van der Waals surface area contributed by atoms with Crippen LogP contribution in [0.4, 0.5) is 5.69 Å². The molecule has 0 radical (unpaired) electrons. The van der Waals surface area contributed by atoms with Crippen molar-refractivity contribution in [3.05, 3.63) is 76.9 Å². The number of carbonyl (C=O) groups excluding carboxylic acids is 2. The lowest BCUT2D eigenvalue weighted by Crippen LogP contribution is -2.43. The lowest BCUT2D eigenvalue weighted by molar-refractivity contribution is -0.138. The van der Waals surface area contributed by atoms with Crippen molar-refractivity contribution in [1.29, 1.82) is 0 Å². The zero-order chi connectivity index (χ0) is 27.2. The zero-order valence-corrected chi connectivity index (χ0v) is 21.9. The maximum absolute atomic E-state index is 13.2. The van der Waals surface area contributed by atoms with Crippen molar-refractivity contribution in [2.75, 3.05) is 31.2 Å². The van der Waals surface area contributed by atoms with Gasteiger partial charge in [0.1, 0.15) is 6.04 Å². The monoisotopic (exact) mass is 517 g/mol. The predicted molar refractivity (Wildman–Crippen MR) is 148 cm³/mol. The summed E-state index contributed by atoms with van der Waals surface area (Å²) in [5.74, 6) is -1.64. The van der Waals surface area contributed by atoms with Crippen molar-refractivity contribution < 1.29 is 24.2 Å². The molecule has 0 bridgehead atoms. The number of carbonyl (C=O) groups is 3. The van der Waals surface area contributed by atoms with E-state index < -0.39 is 17.9 Å². The van der Waals surface area contributed by atoms with Crippen molar-refractivity contribution in [3.63, 3.8) is 0 Å². The van der Waals surface area contributed by atoms with Crippen LogP contribution in [0.5, 0.6) is 0 Å². The Morgan fingerprint density at radius 2 is 1.76 bits per heavy atom. The number of benzene rings is 3. The highest BCUT2D eigenvalue weighted by Gasteiger charge is 2.38. The Morgan fingerprint density at radius 3 is 2.32 bits per heavy atom. The van der Waals surface area contributed by atoms with Crippen LogP contribution >= 0.6 is 0 Å². The van der Waals surface area contributed by atoms with Gasteiger partial charge in [-0.25, -0.2) is 4.79 Å². The van der Waals surface area contributed by atoms with Crippen LogP contribution in [0.3, 0.4) is 0 Å². The van der Waals surface area contributed by atoms with Gasteiger partial charge in [-0.1, -0.05) is 56.3 Å². The summed E-state index contributed by atoms with van der Waals surface area (Å²) in [6, 6.07) is 16.7. The van der Waals surface area contributed by atoms with Crippen molar-refractivity contribution in [3.8, 4) is 0 Å². The number of hydrogen-bond donors (Lipinski definition) is 3. The highest BCUT2D eigenvalue weighted by Crippen LogP contribution is 2.41. The average Bonchev–Trinajstić information content (AvgIpc) is 3.20. The molecule has 8 nitrogen and oxygen atoms in total. The van der Waals surface area contributed by atoms with Crippen LogP contribution in [0.25, 0.3) is 10.8 Å². The van der Waals surface area contributed by atoms with Gasteiger partial charge < -0.3 is 20.9 Å². The van der Waals surface area contributed by atoms with Gasteiger partial charge >= 0.3 is 5.97 Å². The molecule has 5 rings (SSSR count). The van der Waals surface area contributed by atoms with Gasteiger partial charge in [0.25, 0.3) is 5.91 Å². The molecule has 1 fully saturated rings. The van der Waals surface area contributed by atoms with Crippen molar-refractivity contribution in [2.45, 2.75) is 45.1 Å². The van der Waals surface area contributed by atoms with Crippen LogP contribution in [0.1, 0.15) is 59.7 Å². The van der Waals surface area contributed by atoms with Gasteiger partial charge in [-0.15, -0.1) is 0 Å². The normalized spacial score (nSPS) is 15.3. The first-order valence-corrected chi connectivity index (χ1v) is 13.0. The first-order chi connectivity index (χ1) is 18.3. The molecule has 1 unspecified atom stereocenters. The summed E-state index contributed by atoms with van der Waals surface area (Å²) in [5, 5.41) is 14.6. The summed E-state index contributed by atoms with van der Waals surface area (Å²) in [6.07, 6.45) is 0.567. The topological polar surface area (TPSA) is 122 Å². The molecule has 2 heterocycles. The highest BCUT2D eigenvalue weighted by molar-refractivity contribution is 6.26. The summed E-state index contributed by atoms with van der Waals surface area (Å²) < 4.78 is 5.01. The lowest BCUT2D eigenvalue weighted by Gasteiger charge is -2.25. The minimum absolute atomic E-state index is 0.0319. The van der Waals surface area contributed by atoms with Gasteiger partial charge in [-0.3, -0.25) is 14.5 Å². The minimum atomic E-state index is -1.16. The zero-order valence-electron chi connectivity index (χ0n) is 21.9. The molecular weight excluding hydrogens is 482 g/mol. The number of carboxylic acid groups (broad SMARTS) is 1. The smallest absolute Gasteiger partial charge is 0.326 e. The number of primary amides is 1. The molecule has 2 aliphatic heterocycles. The fourth-order valence-electron chi connectivity index (χ4n) is 4.93. The maximum Gasteiger partial charge on any atom is 0.326 e. The Hall–Kier alpha value is -3.75. The number of amides is 2. The van der Waals surface area contributed by atoms with E-state index in [1.54, 1.807) is 6.07 Å². The van der Waals surface area contributed by atoms with Gasteiger partial charge in [0.05, 0.1) is 18.9 Å². The fraction of sp³-hybridized carbons (Fsp3) is 0.367. The van der Waals surface area contributed by atoms with Crippen molar-refractivity contribution >= 4 is 34.2 Å². The van der Waals surface area contributed by atoms with Crippen molar-refractivity contribution in [2.24, 2.45) is 5.73 Å². The van der Waals surface area contributed by atoms with E-state index in [1.807, 2.05) is 24.3 Å². The van der Waals surface area contributed by atoms with E-state index in [9.17, 15) is 19.5 Å². The molecule has 200 valence electrons. The summed E-state index contributed by atoms with van der Waals surface area (Å²) >= 11 is 0. The molecule has 2 aliphatic rings. The molecule has 0 saturated carbocycles. The Bertz CT molecular complexity index is 1300. The molecule has 38 heavy (non-hydrogen) atoms. The Kier molecular flexibility index (Phi) is 8.76. The van der Waals surface area contributed by atoms with Gasteiger partial charge in [0, 0.05) is 30.5 Å². The SMILES string of the molecule is C1COCCN1.CC(C)c1ccc(Cc2ccc3c4c(cccc24)C(=O)N3C(CCC(N)=O)C(=O)O)cc1. The van der Waals surface area contributed by atoms with Crippen LogP contribution in [-0.4, -0.2) is 55.2 Å². The van der Waals surface area contributed by atoms with Crippen molar-refractivity contribution in [1.82, 2.24) is 5.32 Å². The summed E-state index contributed by atoms with van der Waals surface area (Å²) in [6.45, 7) is 8.16. The number of nitrogens with zero attached hydrogens (tertiary/aromatic N) is 1. The molecule has 2 amide bonds. The van der Waals surface area contributed by atoms with Crippen LogP contribution in [0.2, 0.25) is 0 Å². The lowest BCUT2D eigenvalue weighted by atomic mass is 9.94. The Labute approximate surface area is 222 Å². The van der Waals surface area contributed by atoms with Gasteiger partial charge in [-0.2, -0.15) is 0 Å². The molecule has 4 N–H and O–H groups in total. The third-order valence-corrected chi connectivity index (χ3v) is 6.97. The summed E-state index contributed by atoms with van der Waals surface area (Å²) in [4.78, 5) is 37.7. The third-order valence-electron chi connectivity index (χ3n) is 6.97. The predicted octanol–water partition coefficient (Wildman–Crippen LogP) is 3.84. The quantitative estimate of drug-likeness (QED) is 0.417. The number of morpholine rings is 1. The molecular formula is C30H35N3O5. The van der Waals surface area contributed by atoms with Gasteiger partial charge in [0.2, 0.25) is 5.91 Å². The summed E-state index contributed by atoms with van der Waals surface area (Å²) in [7, 11) is 0.